The van der Waals surface area contributed by atoms with E-state index >= 15 is 0 Å². The Labute approximate surface area is 178 Å². The molecule has 2 nitrogen and oxygen atoms in total. The van der Waals surface area contributed by atoms with Gasteiger partial charge in [-0.25, -0.2) is 4.39 Å². The summed E-state index contributed by atoms with van der Waals surface area (Å²) in [5.74, 6) is -0.0703. The van der Waals surface area contributed by atoms with Gasteiger partial charge in [0.25, 0.3) is 0 Å². The Morgan fingerprint density at radius 3 is 2.24 bits per heavy atom. The molecule has 0 saturated heterocycles. The molecule has 0 atom stereocenters. The summed E-state index contributed by atoms with van der Waals surface area (Å²) in [4.78, 5) is 0. The van der Waals surface area contributed by atoms with E-state index < -0.39 is 0 Å². The largest absolute Gasteiger partial charge is 0.388 e. The highest BCUT2D eigenvalue weighted by Gasteiger charge is 2.24. The minimum absolute atomic E-state index is 0.0530. The van der Waals surface area contributed by atoms with Crippen molar-refractivity contribution in [2.75, 3.05) is 7.05 Å². The van der Waals surface area contributed by atoms with Crippen molar-refractivity contribution in [3.63, 3.8) is 0 Å². The SMILES string of the molecule is C=C(NC)/C(C(=C)NCc1ccc(CCCC)c(F)c1C)=C(\C)C(C)(C)CCC. The van der Waals surface area contributed by atoms with Crippen molar-refractivity contribution in [3.8, 4) is 0 Å². The number of likely N-dealkylation sites (N-methyl/N-ethyl adjacent to an activating group) is 1. The van der Waals surface area contributed by atoms with E-state index in [2.05, 4.69) is 58.4 Å². The fraction of sp³-hybridized carbons (Fsp3) is 0.538. The van der Waals surface area contributed by atoms with Gasteiger partial charge < -0.3 is 10.6 Å². The van der Waals surface area contributed by atoms with Gasteiger partial charge in [-0.05, 0) is 55.2 Å². The zero-order chi connectivity index (χ0) is 22.2. The highest BCUT2D eigenvalue weighted by atomic mass is 19.1. The molecular formula is C26H41FN2. The zero-order valence-electron chi connectivity index (χ0n) is 19.7. The lowest BCUT2D eigenvalue weighted by atomic mass is 9.77. The van der Waals surface area contributed by atoms with Crippen LogP contribution in [0.15, 0.2) is 47.8 Å². The highest BCUT2D eigenvalue weighted by Crippen LogP contribution is 2.36. The van der Waals surface area contributed by atoms with Gasteiger partial charge in [0.1, 0.15) is 5.82 Å². The van der Waals surface area contributed by atoms with E-state index in [0.717, 1.165) is 65.8 Å². The number of rotatable bonds is 12. The zero-order valence-corrected chi connectivity index (χ0v) is 19.7. The van der Waals surface area contributed by atoms with Crippen LogP contribution in [0.1, 0.15) is 77.0 Å². The van der Waals surface area contributed by atoms with E-state index in [4.69, 9.17) is 0 Å². The molecule has 0 aliphatic carbocycles. The number of benzene rings is 1. The summed E-state index contributed by atoms with van der Waals surface area (Å²) in [6.07, 6.45) is 5.09. The first-order valence-electron chi connectivity index (χ1n) is 10.9. The summed E-state index contributed by atoms with van der Waals surface area (Å²) >= 11 is 0. The highest BCUT2D eigenvalue weighted by molar-refractivity contribution is 5.47. The molecule has 1 aromatic carbocycles. The molecule has 0 bridgehead atoms. The van der Waals surface area contributed by atoms with Crippen LogP contribution in [-0.2, 0) is 13.0 Å². The van der Waals surface area contributed by atoms with Gasteiger partial charge in [0, 0.05) is 30.6 Å². The van der Waals surface area contributed by atoms with Crippen LogP contribution in [0.3, 0.4) is 0 Å². The van der Waals surface area contributed by atoms with Crippen LogP contribution < -0.4 is 10.6 Å². The van der Waals surface area contributed by atoms with Crippen LogP contribution in [0.25, 0.3) is 0 Å². The number of nitrogens with one attached hydrogen (secondary N) is 2. The summed E-state index contributed by atoms with van der Waals surface area (Å²) in [7, 11) is 1.88. The van der Waals surface area contributed by atoms with Crippen molar-refractivity contribution in [3.05, 3.63) is 70.3 Å². The molecule has 2 N–H and O–H groups in total. The molecule has 0 unspecified atom stereocenters. The van der Waals surface area contributed by atoms with Gasteiger partial charge in [-0.3, -0.25) is 0 Å². The van der Waals surface area contributed by atoms with Gasteiger partial charge in [-0.15, -0.1) is 0 Å². The van der Waals surface area contributed by atoms with Gasteiger partial charge >= 0.3 is 0 Å². The standard InChI is InChI=1S/C26H41FN2/c1-10-12-13-22-14-15-23(18(3)25(22)27)17-29-21(6)24(20(5)28-9)19(4)26(7,8)16-11-2/h14-15,28-29H,5-6,10-13,16-17H2,1-4,7-9H3/b24-19-. The van der Waals surface area contributed by atoms with Crippen LogP contribution in [0.4, 0.5) is 4.39 Å². The first-order valence-corrected chi connectivity index (χ1v) is 10.9. The molecule has 162 valence electrons. The lowest BCUT2D eigenvalue weighted by molar-refractivity contribution is 0.399. The van der Waals surface area contributed by atoms with E-state index in [1.807, 2.05) is 26.1 Å². The van der Waals surface area contributed by atoms with Gasteiger partial charge in [-0.1, -0.05) is 71.4 Å². The summed E-state index contributed by atoms with van der Waals surface area (Å²) in [5, 5.41) is 6.59. The number of allylic oxidation sites excluding steroid dienone is 1. The molecule has 1 aromatic rings. The van der Waals surface area contributed by atoms with Crippen molar-refractivity contribution in [1.29, 1.82) is 0 Å². The molecule has 0 aromatic heterocycles. The molecule has 0 radical (unpaired) electrons. The summed E-state index contributed by atoms with van der Waals surface area (Å²) in [5.41, 5.74) is 6.51. The third-order valence-corrected chi connectivity index (χ3v) is 6.04. The van der Waals surface area contributed by atoms with Gasteiger partial charge in [0.15, 0.2) is 0 Å². The maximum Gasteiger partial charge on any atom is 0.129 e. The van der Waals surface area contributed by atoms with E-state index in [1.54, 1.807) is 0 Å². The number of halogens is 1. The second-order valence-corrected chi connectivity index (χ2v) is 8.62. The van der Waals surface area contributed by atoms with Crippen LogP contribution in [0.2, 0.25) is 0 Å². The molecule has 0 aliphatic heterocycles. The quantitative estimate of drug-likeness (QED) is 0.371. The number of hydrogen-bond donors (Lipinski definition) is 2. The van der Waals surface area contributed by atoms with Crippen molar-refractivity contribution in [1.82, 2.24) is 10.6 Å². The topological polar surface area (TPSA) is 24.1 Å². The van der Waals surface area contributed by atoms with E-state index in [9.17, 15) is 4.39 Å². The predicted octanol–water partition coefficient (Wildman–Crippen LogP) is 6.96. The Morgan fingerprint density at radius 1 is 1.07 bits per heavy atom. The van der Waals surface area contributed by atoms with Crippen LogP contribution in [0.5, 0.6) is 0 Å². The fourth-order valence-electron chi connectivity index (χ4n) is 3.73. The Bertz CT molecular complexity index is 756. The Morgan fingerprint density at radius 2 is 1.69 bits per heavy atom. The summed E-state index contributed by atoms with van der Waals surface area (Å²) in [6.45, 7) is 21.9. The Kier molecular flexibility index (Phi) is 9.68. The molecule has 0 aliphatic rings. The van der Waals surface area contributed by atoms with Crippen LogP contribution in [0, 0.1) is 18.2 Å². The molecule has 0 fully saturated rings. The number of unbranched alkanes of at least 4 members (excludes halogenated alkanes) is 1. The maximum atomic E-state index is 14.7. The minimum Gasteiger partial charge on any atom is -0.388 e. The van der Waals surface area contributed by atoms with Gasteiger partial charge in [-0.2, -0.15) is 0 Å². The second kappa shape index (κ2) is 11.2. The van der Waals surface area contributed by atoms with Crippen LogP contribution >= 0.6 is 0 Å². The second-order valence-electron chi connectivity index (χ2n) is 8.62. The Hall–Kier alpha value is -2.03. The number of aryl methyl sites for hydroxylation is 1. The van der Waals surface area contributed by atoms with Crippen LogP contribution in [-0.4, -0.2) is 7.05 Å². The molecule has 0 spiro atoms. The molecule has 3 heteroatoms. The van der Waals surface area contributed by atoms with Crippen molar-refractivity contribution in [2.45, 2.75) is 80.2 Å². The van der Waals surface area contributed by atoms with E-state index in [0.29, 0.717) is 6.54 Å². The maximum absolute atomic E-state index is 14.7. The third kappa shape index (κ3) is 6.48. The first-order chi connectivity index (χ1) is 13.6. The lowest BCUT2D eigenvalue weighted by Crippen LogP contribution is -2.24. The lowest BCUT2D eigenvalue weighted by Gasteiger charge is -2.30. The summed E-state index contributed by atoms with van der Waals surface area (Å²) in [6, 6.07) is 3.96. The number of hydrogen-bond acceptors (Lipinski definition) is 2. The van der Waals surface area contributed by atoms with Crippen molar-refractivity contribution < 1.29 is 4.39 Å². The summed E-state index contributed by atoms with van der Waals surface area (Å²) < 4.78 is 14.7. The average Bonchev–Trinajstić information content (AvgIpc) is 2.68. The molecule has 0 heterocycles. The normalized spacial score (nSPS) is 12.4. The average molecular weight is 401 g/mol. The molecule has 0 saturated carbocycles. The van der Waals surface area contributed by atoms with Crippen molar-refractivity contribution >= 4 is 0 Å². The van der Waals surface area contributed by atoms with Gasteiger partial charge in [0.05, 0.1) is 0 Å². The third-order valence-electron chi connectivity index (χ3n) is 6.04. The monoisotopic (exact) mass is 400 g/mol. The Balaban J connectivity index is 3.09. The molecule has 1 rings (SSSR count). The van der Waals surface area contributed by atoms with Gasteiger partial charge in [0.2, 0.25) is 0 Å². The minimum atomic E-state index is -0.0703. The van der Waals surface area contributed by atoms with E-state index in [-0.39, 0.29) is 11.2 Å². The molecular weight excluding hydrogens is 359 g/mol. The van der Waals surface area contributed by atoms with Crippen molar-refractivity contribution in [2.24, 2.45) is 5.41 Å². The molecule has 29 heavy (non-hydrogen) atoms. The first kappa shape index (κ1) is 25.0. The fourth-order valence-corrected chi connectivity index (χ4v) is 3.73. The smallest absolute Gasteiger partial charge is 0.129 e. The van der Waals surface area contributed by atoms with E-state index in [1.165, 1.54) is 5.57 Å². The molecule has 0 amide bonds. The predicted molar refractivity (Wildman–Crippen MR) is 125 cm³/mol.